The van der Waals surface area contributed by atoms with Gasteiger partial charge in [0, 0.05) is 11.5 Å². The zero-order chi connectivity index (χ0) is 16.4. The molecule has 1 amide bonds. The molecule has 6 nitrogen and oxygen atoms in total. The number of nitrogens with zero attached hydrogens (tertiary/aromatic N) is 2. The molecule has 0 atom stereocenters. The molecule has 1 heterocycles. The van der Waals surface area contributed by atoms with Crippen molar-refractivity contribution >= 4 is 22.4 Å². The zero-order valence-corrected chi connectivity index (χ0v) is 12.9. The topological polar surface area (TPSA) is 73.3 Å². The van der Waals surface area contributed by atoms with Crippen molar-refractivity contribution in [2.45, 2.75) is 25.4 Å². The lowest BCUT2D eigenvalue weighted by molar-refractivity contribution is -0.0512. The number of hydrogen-bond acceptors (Lipinski definition) is 6. The SMILES string of the molecule is COc1cc(C(=O)Nc2nnc(C3CC3)s2)ccc1OC(F)F. The lowest BCUT2D eigenvalue weighted by Crippen LogP contribution is -2.12. The van der Waals surface area contributed by atoms with Crippen LogP contribution in [0.25, 0.3) is 0 Å². The van der Waals surface area contributed by atoms with Gasteiger partial charge in [0.15, 0.2) is 11.5 Å². The summed E-state index contributed by atoms with van der Waals surface area (Å²) < 4.78 is 33.9. The fourth-order valence-electron chi connectivity index (χ4n) is 1.95. The predicted molar refractivity (Wildman–Crippen MR) is 79.5 cm³/mol. The Hall–Kier alpha value is -2.29. The van der Waals surface area contributed by atoms with E-state index >= 15 is 0 Å². The second-order valence-electron chi connectivity index (χ2n) is 4.92. The van der Waals surface area contributed by atoms with Crippen LogP contribution in [0.5, 0.6) is 11.5 Å². The van der Waals surface area contributed by atoms with E-state index in [1.54, 1.807) is 0 Å². The number of alkyl halides is 2. The number of amides is 1. The molecule has 1 aliphatic carbocycles. The van der Waals surface area contributed by atoms with Crippen LogP contribution >= 0.6 is 11.3 Å². The standard InChI is InChI=1S/C14H13F2N3O3S/c1-21-10-6-8(4-5-9(10)22-13(15)16)11(20)17-14-19-18-12(23-14)7-2-3-7/h4-7,13H,2-3H2,1H3,(H,17,19,20). The Morgan fingerprint density at radius 1 is 1.35 bits per heavy atom. The first-order valence-corrected chi connectivity index (χ1v) is 7.66. The third kappa shape index (κ3) is 3.73. The summed E-state index contributed by atoms with van der Waals surface area (Å²) in [5, 5.41) is 11.9. The minimum atomic E-state index is -2.97. The highest BCUT2D eigenvalue weighted by Crippen LogP contribution is 2.42. The Labute approximate surface area is 134 Å². The third-order valence-corrected chi connectivity index (χ3v) is 4.23. The van der Waals surface area contributed by atoms with Crippen molar-refractivity contribution in [2.75, 3.05) is 12.4 Å². The average molecular weight is 341 g/mol. The van der Waals surface area contributed by atoms with Crippen molar-refractivity contribution < 1.29 is 23.0 Å². The van der Waals surface area contributed by atoms with Gasteiger partial charge in [-0.2, -0.15) is 8.78 Å². The fraction of sp³-hybridized carbons (Fsp3) is 0.357. The summed E-state index contributed by atoms with van der Waals surface area (Å²) in [5.41, 5.74) is 0.242. The summed E-state index contributed by atoms with van der Waals surface area (Å²) >= 11 is 1.34. The smallest absolute Gasteiger partial charge is 0.387 e. The maximum Gasteiger partial charge on any atom is 0.387 e. The summed E-state index contributed by atoms with van der Waals surface area (Å²) in [4.78, 5) is 12.2. The highest BCUT2D eigenvalue weighted by molar-refractivity contribution is 7.15. The van der Waals surface area contributed by atoms with Gasteiger partial charge in [-0.15, -0.1) is 10.2 Å². The lowest BCUT2D eigenvalue weighted by Gasteiger charge is -2.11. The number of carbonyl (C=O) groups excluding carboxylic acids is 1. The lowest BCUT2D eigenvalue weighted by atomic mass is 10.2. The monoisotopic (exact) mass is 341 g/mol. The van der Waals surface area contributed by atoms with Crippen LogP contribution in [0, 0.1) is 0 Å². The number of methoxy groups -OCH3 is 1. The first-order chi connectivity index (χ1) is 11.1. The maximum absolute atomic E-state index is 12.3. The number of hydrogen-bond donors (Lipinski definition) is 1. The van der Waals surface area contributed by atoms with Crippen LogP contribution in [0.4, 0.5) is 13.9 Å². The summed E-state index contributed by atoms with van der Waals surface area (Å²) in [6, 6.07) is 3.96. The number of anilines is 1. The number of nitrogens with one attached hydrogen (secondary N) is 1. The van der Waals surface area contributed by atoms with E-state index in [0.717, 1.165) is 17.8 Å². The van der Waals surface area contributed by atoms with E-state index in [2.05, 4.69) is 20.3 Å². The van der Waals surface area contributed by atoms with Gasteiger partial charge in [-0.3, -0.25) is 10.1 Å². The van der Waals surface area contributed by atoms with Crippen LogP contribution in [-0.2, 0) is 0 Å². The Morgan fingerprint density at radius 3 is 2.78 bits per heavy atom. The van der Waals surface area contributed by atoms with Gasteiger partial charge in [0.2, 0.25) is 5.13 Å². The van der Waals surface area contributed by atoms with Crippen LogP contribution < -0.4 is 14.8 Å². The molecule has 0 unspecified atom stereocenters. The number of benzene rings is 1. The molecule has 1 aromatic heterocycles. The van der Waals surface area contributed by atoms with Crippen LogP contribution in [-0.4, -0.2) is 29.8 Å². The van der Waals surface area contributed by atoms with E-state index in [-0.39, 0.29) is 17.1 Å². The molecule has 122 valence electrons. The second-order valence-corrected chi connectivity index (χ2v) is 5.93. The molecule has 1 fully saturated rings. The van der Waals surface area contributed by atoms with Crippen molar-refractivity contribution in [3.63, 3.8) is 0 Å². The molecule has 23 heavy (non-hydrogen) atoms. The maximum atomic E-state index is 12.3. The first kappa shape index (κ1) is 15.6. The van der Waals surface area contributed by atoms with Gasteiger partial charge in [-0.05, 0) is 31.0 Å². The molecular formula is C14H13F2N3O3S. The van der Waals surface area contributed by atoms with E-state index < -0.39 is 12.5 Å². The molecule has 1 aliphatic rings. The minimum absolute atomic E-state index is 0.0499. The Balaban J connectivity index is 1.72. The van der Waals surface area contributed by atoms with E-state index in [4.69, 9.17) is 4.74 Å². The van der Waals surface area contributed by atoms with Crippen LogP contribution in [0.15, 0.2) is 18.2 Å². The largest absolute Gasteiger partial charge is 0.493 e. The van der Waals surface area contributed by atoms with Crippen molar-refractivity contribution in [3.05, 3.63) is 28.8 Å². The van der Waals surface area contributed by atoms with Gasteiger partial charge in [0.05, 0.1) is 7.11 Å². The zero-order valence-electron chi connectivity index (χ0n) is 12.1. The van der Waals surface area contributed by atoms with Gasteiger partial charge < -0.3 is 9.47 Å². The van der Waals surface area contributed by atoms with Crippen LogP contribution in [0.2, 0.25) is 0 Å². The van der Waals surface area contributed by atoms with Gasteiger partial charge >= 0.3 is 6.61 Å². The van der Waals surface area contributed by atoms with E-state index in [1.165, 1.54) is 36.6 Å². The third-order valence-electron chi connectivity index (χ3n) is 3.23. The molecule has 2 aromatic rings. The number of halogens is 2. The fourth-order valence-corrected chi connectivity index (χ4v) is 2.86. The van der Waals surface area contributed by atoms with Crippen LogP contribution in [0.1, 0.15) is 34.1 Å². The van der Waals surface area contributed by atoms with Crippen molar-refractivity contribution in [3.8, 4) is 11.5 Å². The highest BCUT2D eigenvalue weighted by Gasteiger charge is 2.27. The molecule has 3 rings (SSSR count). The van der Waals surface area contributed by atoms with Crippen molar-refractivity contribution in [1.82, 2.24) is 10.2 Å². The molecule has 9 heteroatoms. The van der Waals surface area contributed by atoms with Crippen molar-refractivity contribution in [2.24, 2.45) is 0 Å². The molecular weight excluding hydrogens is 328 g/mol. The Morgan fingerprint density at radius 2 is 2.13 bits per heavy atom. The van der Waals surface area contributed by atoms with Crippen molar-refractivity contribution in [1.29, 1.82) is 0 Å². The summed E-state index contributed by atoms with van der Waals surface area (Å²) in [6.45, 7) is -2.97. The predicted octanol–water partition coefficient (Wildman–Crippen LogP) is 3.28. The summed E-state index contributed by atoms with van der Waals surface area (Å²) in [6.07, 6.45) is 2.21. The molecule has 0 bridgehead atoms. The number of ether oxygens (including phenoxy) is 2. The van der Waals surface area contributed by atoms with Gasteiger partial charge in [-0.25, -0.2) is 0 Å². The van der Waals surface area contributed by atoms with E-state index in [1.807, 2.05) is 0 Å². The van der Waals surface area contributed by atoms with Gasteiger partial charge in [0.1, 0.15) is 5.01 Å². The Kier molecular flexibility index (Phi) is 4.37. The van der Waals surface area contributed by atoms with Crippen LogP contribution in [0.3, 0.4) is 0 Å². The normalized spacial score (nSPS) is 13.9. The van der Waals surface area contributed by atoms with Gasteiger partial charge in [0.25, 0.3) is 5.91 Å². The molecule has 0 spiro atoms. The minimum Gasteiger partial charge on any atom is -0.493 e. The quantitative estimate of drug-likeness (QED) is 0.873. The molecule has 1 N–H and O–H groups in total. The van der Waals surface area contributed by atoms with E-state index in [9.17, 15) is 13.6 Å². The number of aromatic nitrogens is 2. The Bertz CT molecular complexity index is 719. The van der Waals surface area contributed by atoms with Gasteiger partial charge in [-0.1, -0.05) is 11.3 Å². The molecule has 0 radical (unpaired) electrons. The first-order valence-electron chi connectivity index (χ1n) is 6.84. The number of rotatable bonds is 6. The summed E-state index contributed by atoms with van der Waals surface area (Å²) in [5.74, 6) is -0.0470. The summed E-state index contributed by atoms with van der Waals surface area (Å²) in [7, 11) is 1.31. The van der Waals surface area contributed by atoms with E-state index in [0.29, 0.717) is 11.0 Å². The highest BCUT2D eigenvalue weighted by atomic mass is 32.1. The molecule has 0 aliphatic heterocycles. The molecule has 1 aromatic carbocycles. The molecule has 0 saturated heterocycles. The molecule has 1 saturated carbocycles. The second kappa shape index (κ2) is 6.45. The average Bonchev–Trinajstić information content (AvgIpc) is 3.27. The number of carbonyl (C=O) groups is 1.